The number of rotatable bonds is 8. The molecule has 1 saturated heterocycles. The minimum Gasteiger partial charge on any atom is -0.497 e. The maximum absolute atomic E-state index is 12.6. The van der Waals surface area contributed by atoms with E-state index in [9.17, 15) is 4.79 Å². The molecular formula is C22H29N2O4+. The van der Waals surface area contributed by atoms with Crippen molar-refractivity contribution < 1.29 is 23.9 Å². The van der Waals surface area contributed by atoms with Crippen molar-refractivity contribution in [2.45, 2.75) is 25.4 Å². The zero-order valence-corrected chi connectivity index (χ0v) is 16.8. The van der Waals surface area contributed by atoms with Gasteiger partial charge >= 0.3 is 0 Å². The van der Waals surface area contributed by atoms with Crippen molar-refractivity contribution in [3.63, 3.8) is 0 Å². The van der Waals surface area contributed by atoms with Gasteiger partial charge in [-0.2, -0.15) is 0 Å². The molecule has 28 heavy (non-hydrogen) atoms. The highest BCUT2D eigenvalue weighted by Crippen LogP contribution is 2.31. The highest BCUT2D eigenvalue weighted by atomic mass is 16.5. The van der Waals surface area contributed by atoms with E-state index in [0.717, 1.165) is 47.8 Å². The Bertz CT molecular complexity index is 809. The van der Waals surface area contributed by atoms with Crippen molar-refractivity contribution in [3.05, 3.63) is 53.6 Å². The first-order valence-corrected chi connectivity index (χ1v) is 9.61. The third kappa shape index (κ3) is 4.57. The molecule has 0 bridgehead atoms. The minimum absolute atomic E-state index is 0.0367. The standard InChI is InChI=1S/C22H28N2O4/c1-26-17-10-11-21(28-3)18(13-17)19-8-6-12-24(19)15-22(25)23-14-16-7-4-5-9-20(16)27-2/h4-5,7,9-11,13,19H,6,8,12,14-15H2,1-3H3,(H,23,25)/p+1/t19-/m1/s1. The van der Waals surface area contributed by atoms with Gasteiger partial charge in [0.05, 0.1) is 33.4 Å². The fraction of sp³-hybridized carbons (Fsp3) is 0.409. The summed E-state index contributed by atoms with van der Waals surface area (Å²) in [5.41, 5.74) is 2.08. The van der Waals surface area contributed by atoms with E-state index in [1.807, 2.05) is 42.5 Å². The van der Waals surface area contributed by atoms with Crippen LogP contribution in [0.1, 0.15) is 30.0 Å². The number of likely N-dealkylation sites (tertiary alicyclic amines) is 1. The van der Waals surface area contributed by atoms with Gasteiger partial charge < -0.3 is 24.4 Å². The molecule has 0 saturated carbocycles. The van der Waals surface area contributed by atoms with Crippen LogP contribution < -0.4 is 24.4 Å². The summed E-state index contributed by atoms with van der Waals surface area (Å²) in [6.45, 7) is 1.86. The van der Waals surface area contributed by atoms with Gasteiger partial charge in [-0.1, -0.05) is 18.2 Å². The molecule has 3 rings (SSSR count). The van der Waals surface area contributed by atoms with Gasteiger partial charge in [0.2, 0.25) is 0 Å². The second-order valence-corrected chi connectivity index (χ2v) is 6.98. The predicted octanol–water partition coefficient (Wildman–Crippen LogP) is 1.75. The van der Waals surface area contributed by atoms with E-state index < -0.39 is 0 Å². The molecular weight excluding hydrogens is 356 g/mol. The van der Waals surface area contributed by atoms with E-state index in [0.29, 0.717) is 13.1 Å². The first-order valence-electron chi connectivity index (χ1n) is 9.61. The highest BCUT2D eigenvalue weighted by Gasteiger charge is 2.33. The molecule has 2 aromatic carbocycles. The largest absolute Gasteiger partial charge is 0.497 e. The molecule has 2 N–H and O–H groups in total. The van der Waals surface area contributed by atoms with E-state index in [-0.39, 0.29) is 11.9 Å². The number of ether oxygens (including phenoxy) is 3. The van der Waals surface area contributed by atoms with Crippen molar-refractivity contribution in [1.29, 1.82) is 0 Å². The van der Waals surface area contributed by atoms with Gasteiger partial charge in [-0.25, -0.2) is 0 Å². The van der Waals surface area contributed by atoms with Crippen LogP contribution in [0.5, 0.6) is 17.2 Å². The van der Waals surface area contributed by atoms with Crippen molar-refractivity contribution in [3.8, 4) is 17.2 Å². The Balaban J connectivity index is 1.66. The Morgan fingerprint density at radius 3 is 2.61 bits per heavy atom. The fourth-order valence-electron chi connectivity index (χ4n) is 3.92. The third-order valence-electron chi connectivity index (χ3n) is 5.35. The Hall–Kier alpha value is -2.73. The van der Waals surface area contributed by atoms with Crippen LogP contribution in [0.4, 0.5) is 0 Å². The lowest BCUT2D eigenvalue weighted by Gasteiger charge is -2.23. The minimum atomic E-state index is 0.0367. The van der Waals surface area contributed by atoms with Crippen LogP contribution >= 0.6 is 0 Å². The monoisotopic (exact) mass is 385 g/mol. The van der Waals surface area contributed by atoms with E-state index in [1.54, 1.807) is 21.3 Å². The van der Waals surface area contributed by atoms with E-state index in [1.165, 1.54) is 4.90 Å². The molecule has 1 heterocycles. The molecule has 1 unspecified atom stereocenters. The number of benzene rings is 2. The van der Waals surface area contributed by atoms with E-state index >= 15 is 0 Å². The summed E-state index contributed by atoms with van der Waals surface area (Å²) in [6, 6.07) is 13.8. The molecule has 150 valence electrons. The first-order chi connectivity index (χ1) is 13.7. The lowest BCUT2D eigenvalue weighted by molar-refractivity contribution is -0.910. The second-order valence-electron chi connectivity index (χ2n) is 6.98. The van der Waals surface area contributed by atoms with Gasteiger partial charge in [0.15, 0.2) is 6.54 Å². The van der Waals surface area contributed by atoms with E-state index in [2.05, 4.69) is 5.32 Å². The van der Waals surface area contributed by atoms with Crippen molar-refractivity contribution >= 4 is 5.91 Å². The second kappa shape index (κ2) is 9.46. The average Bonchev–Trinajstić information content (AvgIpc) is 3.19. The molecule has 1 aliphatic heterocycles. The van der Waals surface area contributed by atoms with Gasteiger partial charge in [-0.05, 0) is 24.3 Å². The topological polar surface area (TPSA) is 61.2 Å². The van der Waals surface area contributed by atoms with Gasteiger partial charge in [0.25, 0.3) is 5.91 Å². The number of amides is 1. The summed E-state index contributed by atoms with van der Waals surface area (Å²) < 4.78 is 16.3. The Morgan fingerprint density at radius 1 is 1.07 bits per heavy atom. The smallest absolute Gasteiger partial charge is 0.275 e. The summed E-state index contributed by atoms with van der Waals surface area (Å²) >= 11 is 0. The SMILES string of the molecule is COc1ccc(OC)c([C@H]2CCC[NH+]2CC(=O)NCc2ccccc2OC)c1. The zero-order chi connectivity index (χ0) is 19.9. The number of hydrogen-bond acceptors (Lipinski definition) is 4. The van der Waals surface area contributed by atoms with Crippen LogP contribution in [0, 0.1) is 0 Å². The average molecular weight is 385 g/mol. The van der Waals surface area contributed by atoms with Crippen LogP contribution in [-0.4, -0.2) is 40.3 Å². The molecule has 2 atom stereocenters. The fourth-order valence-corrected chi connectivity index (χ4v) is 3.92. The molecule has 0 radical (unpaired) electrons. The van der Waals surface area contributed by atoms with Gasteiger partial charge in [0.1, 0.15) is 23.3 Å². The molecule has 1 aliphatic rings. The summed E-state index contributed by atoms with van der Waals surface area (Å²) in [5.74, 6) is 2.48. The Morgan fingerprint density at radius 2 is 1.86 bits per heavy atom. The number of quaternary nitrogens is 1. The van der Waals surface area contributed by atoms with Crippen LogP contribution in [0.3, 0.4) is 0 Å². The molecule has 0 spiro atoms. The number of nitrogens with one attached hydrogen (secondary N) is 2. The van der Waals surface area contributed by atoms with Crippen molar-refractivity contribution in [1.82, 2.24) is 5.32 Å². The maximum Gasteiger partial charge on any atom is 0.275 e. The number of para-hydroxylation sites is 1. The van der Waals surface area contributed by atoms with Gasteiger partial charge in [-0.15, -0.1) is 0 Å². The number of methoxy groups -OCH3 is 3. The molecule has 2 aromatic rings. The van der Waals surface area contributed by atoms with Crippen LogP contribution in [0.2, 0.25) is 0 Å². The molecule has 6 heteroatoms. The Labute approximate surface area is 166 Å². The van der Waals surface area contributed by atoms with Gasteiger partial charge in [0, 0.05) is 24.9 Å². The normalized spacial score (nSPS) is 18.5. The van der Waals surface area contributed by atoms with Crippen molar-refractivity contribution in [2.24, 2.45) is 0 Å². The number of carbonyl (C=O) groups excluding carboxylic acids is 1. The van der Waals surface area contributed by atoms with Crippen LogP contribution in [0.25, 0.3) is 0 Å². The lowest BCUT2D eigenvalue weighted by atomic mass is 10.0. The summed E-state index contributed by atoms with van der Waals surface area (Å²) in [6.07, 6.45) is 2.11. The number of carbonyl (C=O) groups is 1. The van der Waals surface area contributed by atoms with Crippen LogP contribution in [0.15, 0.2) is 42.5 Å². The maximum atomic E-state index is 12.6. The molecule has 0 aliphatic carbocycles. The predicted molar refractivity (Wildman–Crippen MR) is 107 cm³/mol. The number of hydrogen-bond donors (Lipinski definition) is 2. The van der Waals surface area contributed by atoms with Crippen molar-refractivity contribution in [2.75, 3.05) is 34.4 Å². The quantitative estimate of drug-likeness (QED) is 0.727. The molecule has 1 amide bonds. The Kier molecular flexibility index (Phi) is 6.76. The van der Waals surface area contributed by atoms with E-state index in [4.69, 9.17) is 14.2 Å². The first kappa shape index (κ1) is 20.0. The summed E-state index contributed by atoms with van der Waals surface area (Å²) in [4.78, 5) is 13.9. The molecule has 0 aromatic heterocycles. The lowest BCUT2D eigenvalue weighted by Crippen LogP contribution is -3.11. The summed E-state index contributed by atoms with van der Waals surface area (Å²) in [5, 5.41) is 3.03. The molecule has 1 fully saturated rings. The third-order valence-corrected chi connectivity index (χ3v) is 5.35. The zero-order valence-electron chi connectivity index (χ0n) is 16.8. The summed E-state index contributed by atoms with van der Waals surface area (Å²) in [7, 11) is 4.98. The van der Waals surface area contributed by atoms with Gasteiger partial charge in [-0.3, -0.25) is 4.79 Å². The highest BCUT2D eigenvalue weighted by molar-refractivity contribution is 5.77. The van der Waals surface area contributed by atoms with Crippen LogP contribution in [-0.2, 0) is 11.3 Å². The molecule has 6 nitrogen and oxygen atoms in total.